The Bertz CT molecular complexity index is 880. The van der Waals surface area contributed by atoms with Gasteiger partial charge >= 0.3 is 0 Å². The van der Waals surface area contributed by atoms with E-state index in [1.807, 2.05) is 24.3 Å². The van der Waals surface area contributed by atoms with E-state index in [2.05, 4.69) is 36.5 Å². The van der Waals surface area contributed by atoms with Gasteiger partial charge in [0.2, 0.25) is 0 Å². The van der Waals surface area contributed by atoms with Gasteiger partial charge in [0.1, 0.15) is 0 Å². The normalized spacial score (nSPS) is 13.5. The maximum Gasteiger partial charge on any atom is 0.279 e. The van der Waals surface area contributed by atoms with Crippen LogP contribution in [0.3, 0.4) is 0 Å². The lowest BCUT2D eigenvalue weighted by Gasteiger charge is -2.06. The third kappa shape index (κ3) is 3.11. The Morgan fingerprint density at radius 1 is 1.29 bits per heavy atom. The Labute approximate surface area is 151 Å². The molecule has 8 heteroatoms. The van der Waals surface area contributed by atoms with Crippen molar-refractivity contribution < 1.29 is 4.79 Å². The number of rotatable bonds is 3. The molecule has 1 N–H and O–H groups in total. The Morgan fingerprint density at radius 2 is 2.17 bits per heavy atom. The summed E-state index contributed by atoms with van der Waals surface area (Å²) in [6.45, 7) is 0. The fraction of sp³-hybridized carbons (Fsp3) is 0.250. The van der Waals surface area contributed by atoms with Gasteiger partial charge in [-0.1, -0.05) is 27.2 Å². The van der Waals surface area contributed by atoms with E-state index >= 15 is 0 Å². The molecule has 0 atom stereocenters. The van der Waals surface area contributed by atoms with Gasteiger partial charge < -0.3 is 0 Å². The maximum atomic E-state index is 12.4. The van der Waals surface area contributed by atoms with Gasteiger partial charge in [-0.25, -0.2) is 9.67 Å². The number of aryl methyl sites for hydroxylation is 2. The number of hydrogen-bond donors (Lipinski definition) is 1. The summed E-state index contributed by atoms with van der Waals surface area (Å²) in [7, 11) is 0. The van der Waals surface area contributed by atoms with Gasteiger partial charge in [0.15, 0.2) is 10.8 Å². The number of nitrogens with one attached hydrogen (secondary N) is 1. The predicted octanol–water partition coefficient (Wildman–Crippen LogP) is 3.62. The average molecular weight is 404 g/mol. The zero-order valence-electron chi connectivity index (χ0n) is 12.7. The van der Waals surface area contributed by atoms with E-state index < -0.39 is 0 Å². The number of carbonyl (C=O) groups excluding carboxylic acids is 1. The first kappa shape index (κ1) is 15.5. The molecule has 24 heavy (non-hydrogen) atoms. The van der Waals surface area contributed by atoms with E-state index in [0.717, 1.165) is 28.7 Å². The molecule has 0 spiro atoms. The van der Waals surface area contributed by atoms with E-state index in [4.69, 9.17) is 0 Å². The lowest BCUT2D eigenvalue weighted by Crippen LogP contribution is -2.12. The number of benzene rings is 1. The Hall–Kier alpha value is -2.06. The summed E-state index contributed by atoms with van der Waals surface area (Å²) in [6.07, 6.45) is 6.04. The summed E-state index contributed by atoms with van der Waals surface area (Å²) in [5.41, 5.74) is 2.23. The molecule has 0 fully saturated rings. The van der Waals surface area contributed by atoms with E-state index in [1.54, 1.807) is 22.2 Å². The topological polar surface area (TPSA) is 72.7 Å². The molecular weight excluding hydrogens is 390 g/mol. The van der Waals surface area contributed by atoms with Crippen molar-refractivity contribution in [2.75, 3.05) is 5.32 Å². The smallest absolute Gasteiger partial charge is 0.279 e. The summed E-state index contributed by atoms with van der Waals surface area (Å²) < 4.78 is 2.52. The van der Waals surface area contributed by atoms with E-state index in [1.165, 1.54) is 17.7 Å². The van der Waals surface area contributed by atoms with Crippen molar-refractivity contribution in [3.05, 3.63) is 51.2 Å². The molecular formula is C16H14BrN5OS. The van der Waals surface area contributed by atoms with Crippen LogP contribution in [0.15, 0.2) is 34.9 Å². The van der Waals surface area contributed by atoms with Gasteiger partial charge in [-0.2, -0.15) is 0 Å². The molecule has 2 heterocycles. The van der Waals surface area contributed by atoms with Gasteiger partial charge in [0, 0.05) is 9.35 Å². The molecule has 1 aromatic carbocycles. The van der Waals surface area contributed by atoms with Crippen LogP contribution in [0.4, 0.5) is 5.13 Å². The number of anilines is 1. The Kier molecular flexibility index (Phi) is 4.15. The van der Waals surface area contributed by atoms with E-state index in [0.29, 0.717) is 5.13 Å². The number of amides is 1. The molecule has 0 saturated carbocycles. The Morgan fingerprint density at radius 3 is 3.00 bits per heavy atom. The molecule has 0 radical (unpaired) electrons. The predicted molar refractivity (Wildman–Crippen MR) is 95.8 cm³/mol. The van der Waals surface area contributed by atoms with Crippen molar-refractivity contribution in [1.29, 1.82) is 0 Å². The highest BCUT2D eigenvalue weighted by atomic mass is 79.9. The number of nitrogens with zero attached hydrogens (tertiary/aromatic N) is 4. The fourth-order valence-corrected chi connectivity index (χ4v) is 4.11. The minimum absolute atomic E-state index is 0.267. The third-order valence-electron chi connectivity index (χ3n) is 3.86. The van der Waals surface area contributed by atoms with Crippen LogP contribution in [-0.2, 0) is 12.8 Å². The first-order valence-electron chi connectivity index (χ1n) is 7.67. The second-order valence-corrected chi connectivity index (χ2v) is 7.58. The molecule has 1 aliphatic carbocycles. The van der Waals surface area contributed by atoms with Crippen molar-refractivity contribution in [2.24, 2.45) is 0 Å². The largest absolute Gasteiger partial charge is 0.296 e. The summed E-state index contributed by atoms with van der Waals surface area (Å²) >= 11 is 4.98. The fourth-order valence-electron chi connectivity index (χ4n) is 2.68. The van der Waals surface area contributed by atoms with Crippen LogP contribution in [-0.4, -0.2) is 25.9 Å². The monoisotopic (exact) mass is 403 g/mol. The van der Waals surface area contributed by atoms with Crippen molar-refractivity contribution >= 4 is 38.3 Å². The number of carbonyl (C=O) groups is 1. The zero-order valence-corrected chi connectivity index (χ0v) is 15.1. The van der Waals surface area contributed by atoms with Crippen LogP contribution < -0.4 is 5.32 Å². The molecule has 3 aromatic rings. The highest BCUT2D eigenvalue weighted by Gasteiger charge is 2.18. The van der Waals surface area contributed by atoms with Crippen LogP contribution in [0.1, 0.15) is 33.9 Å². The van der Waals surface area contributed by atoms with E-state index in [9.17, 15) is 4.79 Å². The van der Waals surface area contributed by atoms with Crippen molar-refractivity contribution in [1.82, 2.24) is 20.0 Å². The van der Waals surface area contributed by atoms with Crippen molar-refractivity contribution in [2.45, 2.75) is 25.7 Å². The molecule has 0 unspecified atom stereocenters. The number of hydrogen-bond acceptors (Lipinski definition) is 5. The summed E-state index contributed by atoms with van der Waals surface area (Å²) in [5, 5.41) is 11.5. The average Bonchev–Trinajstić information content (AvgIpc) is 3.21. The van der Waals surface area contributed by atoms with Gasteiger partial charge in [0.05, 0.1) is 17.6 Å². The standard InChI is InChI=1S/C16H14BrN5OS/c17-10-4-3-5-11(8-10)22-9-13(20-21-22)15(23)19-16-18-12-6-1-2-7-14(12)24-16/h3-5,8-9H,1-2,6-7H2,(H,18,19,23). The van der Waals surface area contributed by atoms with Gasteiger partial charge in [-0.15, -0.1) is 16.4 Å². The van der Waals surface area contributed by atoms with Gasteiger partial charge in [-0.05, 0) is 43.9 Å². The molecule has 1 aliphatic rings. The summed E-state index contributed by atoms with van der Waals surface area (Å²) in [5.74, 6) is -0.289. The molecule has 2 aromatic heterocycles. The highest BCUT2D eigenvalue weighted by molar-refractivity contribution is 9.10. The molecule has 0 saturated heterocycles. The van der Waals surface area contributed by atoms with Crippen LogP contribution >= 0.6 is 27.3 Å². The summed E-state index contributed by atoms with van der Waals surface area (Å²) in [6, 6.07) is 7.64. The minimum Gasteiger partial charge on any atom is -0.296 e. The quantitative estimate of drug-likeness (QED) is 0.724. The molecule has 1 amide bonds. The highest BCUT2D eigenvalue weighted by Crippen LogP contribution is 2.29. The van der Waals surface area contributed by atoms with Crippen LogP contribution in [0, 0.1) is 0 Å². The molecule has 6 nitrogen and oxygen atoms in total. The second kappa shape index (κ2) is 6.45. The number of thiazole rings is 1. The SMILES string of the molecule is O=C(Nc1nc2c(s1)CCCC2)c1cn(-c2cccc(Br)c2)nn1. The van der Waals surface area contributed by atoms with Crippen molar-refractivity contribution in [3.63, 3.8) is 0 Å². The zero-order chi connectivity index (χ0) is 16.5. The van der Waals surface area contributed by atoms with Crippen LogP contribution in [0.2, 0.25) is 0 Å². The maximum absolute atomic E-state index is 12.4. The number of aromatic nitrogens is 4. The van der Waals surface area contributed by atoms with E-state index in [-0.39, 0.29) is 11.6 Å². The minimum atomic E-state index is -0.289. The summed E-state index contributed by atoms with van der Waals surface area (Å²) in [4.78, 5) is 18.2. The first-order chi connectivity index (χ1) is 11.7. The molecule has 122 valence electrons. The second-order valence-electron chi connectivity index (χ2n) is 5.58. The first-order valence-corrected chi connectivity index (χ1v) is 9.28. The van der Waals surface area contributed by atoms with Gasteiger partial charge in [-0.3, -0.25) is 10.1 Å². The number of halogens is 1. The van der Waals surface area contributed by atoms with Crippen LogP contribution in [0.5, 0.6) is 0 Å². The Balaban J connectivity index is 1.52. The third-order valence-corrected chi connectivity index (χ3v) is 5.43. The molecule has 0 aliphatic heterocycles. The molecule has 4 rings (SSSR count). The van der Waals surface area contributed by atoms with Gasteiger partial charge in [0.25, 0.3) is 5.91 Å². The lowest BCUT2D eigenvalue weighted by molar-refractivity contribution is 0.102. The number of fused-ring (bicyclic) bond motifs is 1. The van der Waals surface area contributed by atoms with Crippen molar-refractivity contribution in [3.8, 4) is 5.69 Å². The lowest BCUT2D eigenvalue weighted by atomic mass is 10.0. The molecule has 0 bridgehead atoms. The van der Waals surface area contributed by atoms with Crippen LogP contribution in [0.25, 0.3) is 5.69 Å².